The molecular formula is C20H25N3O3S. The summed E-state index contributed by atoms with van der Waals surface area (Å²) < 4.78 is 29.2. The second kappa shape index (κ2) is 6.87. The highest BCUT2D eigenvalue weighted by Crippen LogP contribution is 2.32. The molecule has 0 bridgehead atoms. The van der Waals surface area contributed by atoms with Crippen molar-refractivity contribution in [3.05, 3.63) is 45.2 Å². The molecule has 0 N–H and O–H groups in total. The summed E-state index contributed by atoms with van der Waals surface area (Å²) in [6, 6.07) is 5.50. The second-order valence-electron chi connectivity index (χ2n) is 7.53. The Kier molecular flexibility index (Phi) is 4.68. The highest BCUT2D eigenvalue weighted by molar-refractivity contribution is 7.89. The molecule has 1 aromatic heterocycles. The predicted molar refractivity (Wildman–Crippen MR) is 104 cm³/mol. The van der Waals surface area contributed by atoms with Crippen LogP contribution in [0.3, 0.4) is 0 Å². The Morgan fingerprint density at radius 2 is 1.67 bits per heavy atom. The Morgan fingerprint density at radius 3 is 2.37 bits per heavy atom. The number of aromatic nitrogens is 2. The maximum Gasteiger partial charge on any atom is 0.269 e. The van der Waals surface area contributed by atoms with Crippen LogP contribution < -0.4 is 5.56 Å². The van der Waals surface area contributed by atoms with Crippen molar-refractivity contribution in [2.24, 2.45) is 7.05 Å². The number of hydrogen-bond donors (Lipinski definition) is 0. The van der Waals surface area contributed by atoms with Gasteiger partial charge < -0.3 is 0 Å². The number of nitrogens with zero attached hydrogens (tertiary/aromatic N) is 3. The minimum atomic E-state index is -3.50. The van der Waals surface area contributed by atoms with E-state index in [4.69, 9.17) is 0 Å². The van der Waals surface area contributed by atoms with E-state index in [2.05, 4.69) is 5.10 Å². The van der Waals surface area contributed by atoms with Gasteiger partial charge in [0.1, 0.15) is 0 Å². The van der Waals surface area contributed by atoms with Crippen molar-refractivity contribution in [3.8, 4) is 11.3 Å². The van der Waals surface area contributed by atoms with Crippen LogP contribution in [0.2, 0.25) is 0 Å². The zero-order valence-corrected chi connectivity index (χ0v) is 16.7. The van der Waals surface area contributed by atoms with Crippen LogP contribution in [0.1, 0.15) is 42.4 Å². The molecule has 144 valence electrons. The lowest BCUT2D eigenvalue weighted by molar-refractivity contribution is 0.477. The average molecular weight is 388 g/mol. The molecule has 1 aromatic carbocycles. The summed E-state index contributed by atoms with van der Waals surface area (Å²) in [4.78, 5) is 12.8. The van der Waals surface area contributed by atoms with Gasteiger partial charge in [0.2, 0.25) is 10.0 Å². The van der Waals surface area contributed by atoms with Gasteiger partial charge in [0.25, 0.3) is 5.56 Å². The van der Waals surface area contributed by atoms with Crippen LogP contribution in [0, 0.1) is 6.92 Å². The Labute approximate surface area is 159 Å². The number of sulfonamides is 1. The summed E-state index contributed by atoms with van der Waals surface area (Å²) in [5.41, 5.74) is 4.03. The minimum absolute atomic E-state index is 0.0366. The number of aryl methyl sites for hydroxylation is 2. The van der Waals surface area contributed by atoms with E-state index in [0.29, 0.717) is 18.0 Å². The molecule has 27 heavy (non-hydrogen) atoms. The largest absolute Gasteiger partial charge is 0.269 e. The maximum atomic E-state index is 13.1. The summed E-state index contributed by atoms with van der Waals surface area (Å²) in [6.07, 6.45) is 5.44. The molecule has 1 aliphatic heterocycles. The Hall–Kier alpha value is -1.99. The van der Waals surface area contributed by atoms with Gasteiger partial charge in [-0.3, -0.25) is 4.79 Å². The molecule has 1 fully saturated rings. The van der Waals surface area contributed by atoms with E-state index in [1.807, 2.05) is 19.1 Å². The lowest BCUT2D eigenvalue weighted by Gasteiger charge is -2.21. The predicted octanol–water partition coefficient (Wildman–Crippen LogP) is 2.42. The van der Waals surface area contributed by atoms with E-state index in [9.17, 15) is 13.2 Å². The molecule has 1 saturated heterocycles. The van der Waals surface area contributed by atoms with E-state index in [-0.39, 0.29) is 5.56 Å². The van der Waals surface area contributed by atoms with Gasteiger partial charge in [0.05, 0.1) is 10.6 Å². The van der Waals surface area contributed by atoms with E-state index in [0.717, 1.165) is 66.5 Å². The third-order valence-corrected chi connectivity index (χ3v) is 7.74. The van der Waals surface area contributed by atoms with Gasteiger partial charge in [-0.2, -0.15) is 9.40 Å². The third kappa shape index (κ3) is 3.12. The highest BCUT2D eigenvalue weighted by Gasteiger charge is 2.29. The Balaban J connectivity index is 1.87. The van der Waals surface area contributed by atoms with Gasteiger partial charge in [0, 0.05) is 31.3 Å². The molecular weight excluding hydrogens is 362 g/mol. The smallest absolute Gasteiger partial charge is 0.268 e. The highest BCUT2D eigenvalue weighted by atomic mass is 32.2. The van der Waals surface area contributed by atoms with Crippen LogP contribution in [0.25, 0.3) is 11.3 Å². The molecule has 6 nitrogen and oxygen atoms in total. The Bertz CT molecular complexity index is 1050. The van der Waals surface area contributed by atoms with E-state index < -0.39 is 10.0 Å². The summed E-state index contributed by atoms with van der Waals surface area (Å²) in [7, 11) is -1.84. The van der Waals surface area contributed by atoms with Gasteiger partial charge in [-0.1, -0.05) is 12.1 Å². The quantitative estimate of drug-likeness (QED) is 0.811. The fourth-order valence-electron chi connectivity index (χ4n) is 4.18. The van der Waals surface area contributed by atoms with E-state index in [1.54, 1.807) is 17.4 Å². The van der Waals surface area contributed by atoms with Gasteiger partial charge in [-0.05, 0) is 62.6 Å². The number of hydrogen-bond acceptors (Lipinski definition) is 4. The molecule has 2 aliphatic rings. The molecule has 4 rings (SSSR count). The molecule has 2 heterocycles. The molecule has 1 aliphatic carbocycles. The number of fused-ring (bicyclic) bond motifs is 1. The van der Waals surface area contributed by atoms with Crippen LogP contribution in [0.15, 0.2) is 27.9 Å². The van der Waals surface area contributed by atoms with Gasteiger partial charge in [-0.15, -0.1) is 0 Å². The lowest BCUT2D eigenvalue weighted by atomic mass is 9.89. The monoisotopic (exact) mass is 387 g/mol. The van der Waals surface area contributed by atoms with Crippen LogP contribution in [-0.2, 0) is 29.9 Å². The van der Waals surface area contributed by atoms with Crippen molar-refractivity contribution < 1.29 is 8.42 Å². The molecule has 7 heteroatoms. The molecule has 0 radical (unpaired) electrons. The fraction of sp³-hybridized carbons (Fsp3) is 0.500. The first-order valence-corrected chi connectivity index (χ1v) is 11.0. The van der Waals surface area contributed by atoms with Crippen molar-refractivity contribution in [1.29, 1.82) is 0 Å². The van der Waals surface area contributed by atoms with E-state index >= 15 is 0 Å². The van der Waals surface area contributed by atoms with Gasteiger partial charge in [0.15, 0.2) is 0 Å². The van der Waals surface area contributed by atoms with Crippen molar-refractivity contribution in [2.45, 2.75) is 50.3 Å². The van der Waals surface area contributed by atoms with Crippen molar-refractivity contribution >= 4 is 10.0 Å². The van der Waals surface area contributed by atoms with Crippen LogP contribution in [-0.4, -0.2) is 35.6 Å². The maximum absolute atomic E-state index is 13.1. The standard InChI is InChI=1S/C20H25N3O3S/c1-14-9-10-15(13-18(14)27(25,26)23-11-5-6-12-23)19-16-7-3-4-8-17(16)20(24)22(2)21-19/h9-10,13H,3-8,11-12H2,1-2H3. The normalized spacial score (nSPS) is 17.9. The number of benzene rings is 1. The minimum Gasteiger partial charge on any atom is -0.268 e. The first kappa shape index (κ1) is 18.4. The lowest BCUT2D eigenvalue weighted by Crippen LogP contribution is -2.29. The van der Waals surface area contributed by atoms with Gasteiger partial charge >= 0.3 is 0 Å². The Morgan fingerprint density at radius 1 is 1.00 bits per heavy atom. The van der Waals surface area contributed by atoms with Gasteiger partial charge in [-0.25, -0.2) is 13.1 Å². The first-order chi connectivity index (χ1) is 12.9. The average Bonchev–Trinajstić information content (AvgIpc) is 3.21. The molecule has 0 atom stereocenters. The van der Waals surface area contributed by atoms with Crippen LogP contribution >= 0.6 is 0 Å². The fourth-order valence-corrected chi connectivity index (χ4v) is 5.95. The topological polar surface area (TPSA) is 72.3 Å². The van der Waals surface area contributed by atoms with E-state index in [1.165, 1.54) is 4.68 Å². The third-order valence-electron chi connectivity index (χ3n) is 5.70. The molecule has 2 aromatic rings. The molecule has 0 unspecified atom stereocenters. The van der Waals surface area contributed by atoms with Crippen molar-refractivity contribution in [2.75, 3.05) is 13.1 Å². The molecule has 0 spiro atoms. The summed E-state index contributed by atoms with van der Waals surface area (Å²) >= 11 is 0. The second-order valence-corrected chi connectivity index (χ2v) is 9.44. The summed E-state index contributed by atoms with van der Waals surface area (Å²) in [6.45, 7) is 3.00. The summed E-state index contributed by atoms with van der Waals surface area (Å²) in [5, 5.41) is 4.50. The number of rotatable bonds is 3. The molecule has 0 amide bonds. The zero-order valence-electron chi connectivity index (χ0n) is 15.9. The van der Waals surface area contributed by atoms with Crippen molar-refractivity contribution in [3.63, 3.8) is 0 Å². The molecule has 0 saturated carbocycles. The SMILES string of the molecule is Cc1ccc(-c2nn(C)c(=O)c3c2CCCC3)cc1S(=O)(=O)N1CCCC1. The van der Waals surface area contributed by atoms with Crippen LogP contribution in [0.5, 0.6) is 0 Å². The van der Waals surface area contributed by atoms with Crippen molar-refractivity contribution in [1.82, 2.24) is 14.1 Å². The zero-order chi connectivity index (χ0) is 19.2. The summed E-state index contributed by atoms with van der Waals surface area (Å²) in [5.74, 6) is 0. The first-order valence-electron chi connectivity index (χ1n) is 9.60. The van der Waals surface area contributed by atoms with Crippen LogP contribution in [0.4, 0.5) is 0 Å².